The van der Waals surface area contributed by atoms with Crippen LogP contribution < -0.4 is 4.90 Å². The Labute approximate surface area is 101 Å². The summed E-state index contributed by atoms with van der Waals surface area (Å²) in [7, 11) is 0. The monoisotopic (exact) mass is 230 g/mol. The Hall–Kier alpha value is -1.51. The van der Waals surface area contributed by atoms with Gasteiger partial charge in [-0.3, -0.25) is 0 Å². The number of fused-ring (bicyclic) bond motifs is 1. The first-order chi connectivity index (χ1) is 8.43. The first-order valence-corrected chi connectivity index (χ1v) is 6.54. The van der Waals surface area contributed by atoms with Crippen LogP contribution in [0.5, 0.6) is 0 Å². The molecule has 0 N–H and O–H groups in total. The molecule has 3 nitrogen and oxygen atoms in total. The van der Waals surface area contributed by atoms with Gasteiger partial charge in [0.1, 0.15) is 5.52 Å². The zero-order valence-corrected chi connectivity index (χ0v) is 10.1. The molecular weight excluding hydrogens is 212 g/mol. The number of para-hydroxylation sites is 2. The topological polar surface area (TPSA) is 29.3 Å². The molecule has 1 saturated heterocycles. The summed E-state index contributed by atoms with van der Waals surface area (Å²) in [6, 6.07) is 8.78. The minimum absolute atomic E-state index is 0.799. The van der Waals surface area contributed by atoms with E-state index in [9.17, 15) is 0 Å². The number of aromatic nitrogens is 1. The van der Waals surface area contributed by atoms with Gasteiger partial charge in [-0.1, -0.05) is 31.4 Å². The van der Waals surface area contributed by atoms with E-state index in [0.29, 0.717) is 0 Å². The first kappa shape index (κ1) is 10.6. The summed E-state index contributed by atoms with van der Waals surface area (Å²) in [4.78, 5) is 6.86. The number of nitrogens with zero attached hydrogens (tertiary/aromatic N) is 2. The number of hydrogen-bond donors (Lipinski definition) is 0. The molecule has 1 aliphatic rings. The molecule has 0 aliphatic carbocycles. The molecule has 1 aromatic carbocycles. The van der Waals surface area contributed by atoms with Gasteiger partial charge in [0.15, 0.2) is 5.58 Å². The number of hydrogen-bond acceptors (Lipinski definition) is 3. The molecule has 1 fully saturated rings. The van der Waals surface area contributed by atoms with E-state index in [1.807, 2.05) is 24.3 Å². The molecule has 3 heteroatoms. The van der Waals surface area contributed by atoms with Gasteiger partial charge >= 0.3 is 0 Å². The summed E-state index contributed by atoms with van der Waals surface area (Å²) in [5.74, 6) is 0. The summed E-state index contributed by atoms with van der Waals surface area (Å²) in [6.45, 7) is 2.15. The van der Waals surface area contributed by atoms with Crippen LogP contribution in [0.25, 0.3) is 11.1 Å². The average Bonchev–Trinajstić information content (AvgIpc) is 2.71. The predicted molar refractivity (Wildman–Crippen MR) is 69.3 cm³/mol. The molecule has 2 heterocycles. The van der Waals surface area contributed by atoms with E-state index in [-0.39, 0.29) is 0 Å². The highest BCUT2D eigenvalue weighted by molar-refractivity contribution is 5.74. The molecule has 17 heavy (non-hydrogen) atoms. The third-order valence-corrected chi connectivity index (χ3v) is 3.41. The minimum atomic E-state index is 0.799. The number of anilines is 1. The van der Waals surface area contributed by atoms with Crippen LogP contribution in [-0.2, 0) is 0 Å². The second-order valence-corrected chi connectivity index (χ2v) is 4.72. The van der Waals surface area contributed by atoms with E-state index in [1.165, 1.54) is 32.1 Å². The molecule has 0 radical (unpaired) electrons. The zero-order valence-electron chi connectivity index (χ0n) is 10.1. The first-order valence-electron chi connectivity index (χ1n) is 6.54. The van der Waals surface area contributed by atoms with Gasteiger partial charge in [-0.15, -0.1) is 0 Å². The number of oxazole rings is 1. The zero-order chi connectivity index (χ0) is 11.5. The Bertz CT molecular complexity index is 451. The molecule has 0 unspecified atom stereocenters. The van der Waals surface area contributed by atoms with Crippen molar-refractivity contribution >= 4 is 17.1 Å². The van der Waals surface area contributed by atoms with Crippen molar-refractivity contribution in [2.24, 2.45) is 0 Å². The Balaban J connectivity index is 1.85. The lowest BCUT2D eigenvalue weighted by atomic mass is 10.1. The van der Waals surface area contributed by atoms with Crippen LogP contribution in [0.15, 0.2) is 28.7 Å². The van der Waals surface area contributed by atoms with Gasteiger partial charge in [-0.05, 0) is 25.0 Å². The maximum atomic E-state index is 5.82. The number of rotatable bonds is 1. The number of benzene rings is 1. The van der Waals surface area contributed by atoms with Crippen LogP contribution in [0.1, 0.15) is 32.1 Å². The second kappa shape index (κ2) is 4.78. The highest BCUT2D eigenvalue weighted by Crippen LogP contribution is 2.23. The largest absolute Gasteiger partial charge is 0.423 e. The molecule has 90 valence electrons. The van der Waals surface area contributed by atoms with Crippen molar-refractivity contribution in [2.75, 3.05) is 18.0 Å². The van der Waals surface area contributed by atoms with Gasteiger partial charge in [0.2, 0.25) is 0 Å². The Morgan fingerprint density at radius 3 is 2.41 bits per heavy atom. The second-order valence-electron chi connectivity index (χ2n) is 4.72. The third-order valence-electron chi connectivity index (χ3n) is 3.41. The molecule has 0 spiro atoms. The summed E-state index contributed by atoms with van der Waals surface area (Å²) < 4.78 is 5.82. The summed E-state index contributed by atoms with van der Waals surface area (Å²) >= 11 is 0. The SMILES string of the molecule is c1ccc2oc(N3CCCCCCC3)nc2c1. The van der Waals surface area contributed by atoms with Gasteiger partial charge in [0.25, 0.3) is 6.01 Å². The summed E-state index contributed by atoms with van der Waals surface area (Å²) in [5, 5.41) is 0. The highest BCUT2D eigenvalue weighted by atomic mass is 16.4. The quantitative estimate of drug-likeness (QED) is 0.749. The van der Waals surface area contributed by atoms with Crippen molar-refractivity contribution in [1.82, 2.24) is 4.98 Å². The molecule has 0 bridgehead atoms. The van der Waals surface area contributed by atoms with Crippen molar-refractivity contribution in [3.05, 3.63) is 24.3 Å². The fraction of sp³-hybridized carbons (Fsp3) is 0.500. The van der Waals surface area contributed by atoms with E-state index in [2.05, 4.69) is 9.88 Å². The van der Waals surface area contributed by atoms with Crippen LogP contribution in [0.3, 0.4) is 0 Å². The van der Waals surface area contributed by atoms with E-state index >= 15 is 0 Å². The van der Waals surface area contributed by atoms with Crippen molar-refractivity contribution < 1.29 is 4.42 Å². The van der Waals surface area contributed by atoms with Gasteiger partial charge in [0.05, 0.1) is 0 Å². The van der Waals surface area contributed by atoms with Gasteiger partial charge < -0.3 is 9.32 Å². The Kier molecular flexibility index (Phi) is 2.99. The van der Waals surface area contributed by atoms with Gasteiger partial charge in [-0.25, -0.2) is 0 Å². The molecule has 0 atom stereocenters. The molecule has 1 aliphatic heterocycles. The molecule has 3 rings (SSSR count). The van der Waals surface area contributed by atoms with Crippen LogP contribution >= 0.6 is 0 Å². The van der Waals surface area contributed by atoms with Gasteiger partial charge in [-0.2, -0.15) is 4.98 Å². The van der Waals surface area contributed by atoms with Crippen molar-refractivity contribution in [3.8, 4) is 0 Å². The lowest BCUT2D eigenvalue weighted by Crippen LogP contribution is -2.27. The fourth-order valence-corrected chi connectivity index (χ4v) is 2.43. The Morgan fingerprint density at radius 2 is 1.65 bits per heavy atom. The predicted octanol–water partition coefficient (Wildman–Crippen LogP) is 3.60. The summed E-state index contributed by atoms with van der Waals surface area (Å²) in [5.41, 5.74) is 1.86. The van der Waals surface area contributed by atoms with E-state index in [1.54, 1.807) is 0 Å². The molecule has 1 aromatic heterocycles. The van der Waals surface area contributed by atoms with Crippen LogP contribution in [0.2, 0.25) is 0 Å². The van der Waals surface area contributed by atoms with E-state index in [4.69, 9.17) is 4.42 Å². The van der Waals surface area contributed by atoms with E-state index < -0.39 is 0 Å². The van der Waals surface area contributed by atoms with Crippen LogP contribution in [0, 0.1) is 0 Å². The lowest BCUT2D eigenvalue weighted by molar-refractivity contribution is 0.508. The Morgan fingerprint density at radius 1 is 0.941 bits per heavy atom. The summed E-state index contributed by atoms with van der Waals surface area (Å²) in [6.07, 6.45) is 6.53. The van der Waals surface area contributed by atoms with E-state index in [0.717, 1.165) is 30.2 Å². The maximum absolute atomic E-state index is 5.82. The minimum Gasteiger partial charge on any atom is -0.423 e. The van der Waals surface area contributed by atoms with Crippen molar-refractivity contribution in [2.45, 2.75) is 32.1 Å². The fourth-order valence-electron chi connectivity index (χ4n) is 2.43. The normalized spacial score (nSPS) is 18.0. The highest BCUT2D eigenvalue weighted by Gasteiger charge is 2.14. The van der Waals surface area contributed by atoms with Crippen LogP contribution in [-0.4, -0.2) is 18.1 Å². The van der Waals surface area contributed by atoms with Crippen molar-refractivity contribution in [3.63, 3.8) is 0 Å². The van der Waals surface area contributed by atoms with Crippen LogP contribution in [0.4, 0.5) is 6.01 Å². The lowest BCUT2D eigenvalue weighted by Gasteiger charge is -2.22. The molecule has 0 saturated carbocycles. The molecule has 2 aromatic rings. The molecular formula is C14H18N2O. The maximum Gasteiger partial charge on any atom is 0.298 e. The van der Waals surface area contributed by atoms with Crippen molar-refractivity contribution in [1.29, 1.82) is 0 Å². The molecule has 0 amide bonds. The third kappa shape index (κ3) is 2.28. The van der Waals surface area contributed by atoms with Gasteiger partial charge in [0, 0.05) is 13.1 Å². The standard InChI is InChI=1S/C14H18N2O/c1-2-6-10-16(11-7-3-1)14-15-12-8-4-5-9-13(12)17-14/h4-5,8-9H,1-3,6-7,10-11H2. The smallest absolute Gasteiger partial charge is 0.298 e. The average molecular weight is 230 g/mol.